The molecule has 2 heterocycles. The first-order valence-corrected chi connectivity index (χ1v) is 5.67. The third kappa shape index (κ3) is 1.83. The van der Waals surface area contributed by atoms with Gasteiger partial charge in [-0.3, -0.25) is 0 Å². The van der Waals surface area contributed by atoms with Crippen molar-refractivity contribution >= 4 is 11.0 Å². The number of aryl methyl sites for hydroxylation is 1. The Balaban J connectivity index is 2.22. The van der Waals surface area contributed by atoms with E-state index in [1.807, 2.05) is 17.7 Å². The number of halogens is 1. The largest absolute Gasteiger partial charge is 0.326 e. The van der Waals surface area contributed by atoms with E-state index in [9.17, 15) is 4.39 Å². The Hall–Kier alpha value is -2.74. The average Bonchev–Trinajstić information content (AvgIpc) is 2.76. The van der Waals surface area contributed by atoms with Crippen LogP contribution in [0, 0.1) is 17.1 Å². The van der Waals surface area contributed by atoms with Gasteiger partial charge in [-0.05, 0) is 30.3 Å². The van der Waals surface area contributed by atoms with Crippen LogP contribution < -0.4 is 0 Å². The lowest BCUT2D eigenvalue weighted by Gasteiger charge is -2.01. The highest BCUT2D eigenvalue weighted by Crippen LogP contribution is 2.22. The molecule has 0 bridgehead atoms. The fraction of sp³-hybridized carbons (Fsp3) is 0.0714. The van der Waals surface area contributed by atoms with Gasteiger partial charge in [0.1, 0.15) is 11.5 Å². The van der Waals surface area contributed by atoms with Crippen molar-refractivity contribution in [2.75, 3.05) is 0 Å². The van der Waals surface area contributed by atoms with Gasteiger partial charge in [0.15, 0.2) is 5.82 Å². The minimum absolute atomic E-state index is 0.380. The molecule has 3 rings (SSSR count). The normalized spacial score (nSPS) is 10.6. The minimum atomic E-state index is -0.380. The Morgan fingerprint density at radius 1 is 1.26 bits per heavy atom. The summed E-state index contributed by atoms with van der Waals surface area (Å²) >= 11 is 0. The first kappa shape index (κ1) is 11.4. The lowest BCUT2D eigenvalue weighted by Crippen LogP contribution is -1.94. The molecule has 1 aromatic carbocycles. The number of aromatic nitrogens is 3. The molecule has 0 N–H and O–H groups in total. The van der Waals surface area contributed by atoms with Crippen LogP contribution in [0.25, 0.3) is 22.6 Å². The SMILES string of the molecule is Cn1c(-c2ccc(F)cn2)nc2cc(C#N)ccc21. The van der Waals surface area contributed by atoms with Gasteiger partial charge in [-0.25, -0.2) is 14.4 Å². The molecule has 0 radical (unpaired) electrons. The van der Waals surface area contributed by atoms with Gasteiger partial charge in [0.25, 0.3) is 0 Å². The summed E-state index contributed by atoms with van der Waals surface area (Å²) in [5.74, 6) is 0.263. The van der Waals surface area contributed by atoms with Crippen LogP contribution >= 0.6 is 0 Å². The molecule has 0 aliphatic rings. The van der Waals surface area contributed by atoms with Crippen LogP contribution in [0.2, 0.25) is 0 Å². The van der Waals surface area contributed by atoms with Crippen molar-refractivity contribution in [1.82, 2.24) is 14.5 Å². The van der Waals surface area contributed by atoms with E-state index < -0.39 is 0 Å². The maximum Gasteiger partial charge on any atom is 0.159 e. The van der Waals surface area contributed by atoms with Gasteiger partial charge in [0.05, 0.1) is 28.9 Å². The summed E-state index contributed by atoms with van der Waals surface area (Å²) in [6.07, 6.45) is 1.16. The molecular formula is C14H9FN4. The Kier molecular flexibility index (Phi) is 2.50. The molecule has 19 heavy (non-hydrogen) atoms. The number of nitriles is 1. The number of nitrogens with zero attached hydrogens (tertiary/aromatic N) is 4. The summed E-state index contributed by atoms with van der Waals surface area (Å²) in [4.78, 5) is 8.47. The fourth-order valence-corrected chi connectivity index (χ4v) is 2.01. The van der Waals surface area contributed by atoms with E-state index in [4.69, 9.17) is 5.26 Å². The Bertz CT molecular complexity index is 797. The summed E-state index contributed by atoms with van der Waals surface area (Å²) < 4.78 is 14.8. The van der Waals surface area contributed by atoms with Crippen LogP contribution in [-0.4, -0.2) is 14.5 Å². The predicted molar refractivity (Wildman–Crippen MR) is 68.6 cm³/mol. The third-order valence-corrected chi connectivity index (χ3v) is 2.97. The first-order valence-electron chi connectivity index (χ1n) is 5.67. The zero-order valence-corrected chi connectivity index (χ0v) is 10.1. The van der Waals surface area contributed by atoms with E-state index in [0.717, 1.165) is 17.2 Å². The number of benzene rings is 1. The molecule has 0 aliphatic heterocycles. The molecular weight excluding hydrogens is 243 g/mol. The number of pyridine rings is 1. The zero-order valence-electron chi connectivity index (χ0n) is 10.1. The summed E-state index contributed by atoms with van der Waals surface area (Å²) in [5.41, 5.74) is 2.78. The number of rotatable bonds is 1. The molecule has 0 amide bonds. The minimum Gasteiger partial charge on any atom is -0.326 e. The van der Waals surface area contributed by atoms with Crippen LogP contribution in [0.15, 0.2) is 36.5 Å². The summed E-state index contributed by atoms with van der Waals surface area (Å²) in [6.45, 7) is 0. The van der Waals surface area contributed by atoms with Crippen molar-refractivity contribution in [3.8, 4) is 17.6 Å². The molecule has 5 heteroatoms. The summed E-state index contributed by atoms with van der Waals surface area (Å²) in [6, 6.07) is 10.3. The zero-order chi connectivity index (χ0) is 13.4. The standard InChI is InChI=1S/C14H9FN4/c1-19-13-5-2-9(7-16)6-12(13)18-14(19)11-4-3-10(15)8-17-11/h2-6,8H,1H3. The van der Waals surface area contributed by atoms with Gasteiger partial charge in [-0.1, -0.05) is 0 Å². The smallest absolute Gasteiger partial charge is 0.159 e. The highest BCUT2D eigenvalue weighted by Gasteiger charge is 2.11. The molecule has 92 valence electrons. The van der Waals surface area contributed by atoms with Crippen molar-refractivity contribution in [3.05, 3.63) is 47.9 Å². The van der Waals surface area contributed by atoms with Gasteiger partial charge in [0.2, 0.25) is 0 Å². The molecule has 0 saturated heterocycles. The van der Waals surface area contributed by atoms with Gasteiger partial charge in [-0.15, -0.1) is 0 Å². The summed E-state index contributed by atoms with van der Waals surface area (Å²) in [5, 5.41) is 8.88. The lowest BCUT2D eigenvalue weighted by atomic mass is 10.2. The van der Waals surface area contributed by atoms with E-state index in [1.54, 1.807) is 18.2 Å². The second-order valence-electron chi connectivity index (χ2n) is 4.17. The average molecular weight is 252 g/mol. The monoisotopic (exact) mass is 252 g/mol. The van der Waals surface area contributed by atoms with Crippen molar-refractivity contribution in [3.63, 3.8) is 0 Å². The van der Waals surface area contributed by atoms with Crippen molar-refractivity contribution in [2.45, 2.75) is 0 Å². The number of hydrogen-bond acceptors (Lipinski definition) is 3. The topological polar surface area (TPSA) is 54.5 Å². The second kappa shape index (κ2) is 4.18. The molecule has 3 aromatic rings. The lowest BCUT2D eigenvalue weighted by molar-refractivity contribution is 0.621. The molecule has 0 fully saturated rings. The van der Waals surface area contributed by atoms with E-state index in [2.05, 4.69) is 16.0 Å². The van der Waals surface area contributed by atoms with Crippen LogP contribution in [-0.2, 0) is 7.05 Å². The van der Waals surface area contributed by atoms with E-state index in [-0.39, 0.29) is 5.82 Å². The van der Waals surface area contributed by atoms with Crippen molar-refractivity contribution in [1.29, 1.82) is 5.26 Å². The van der Waals surface area contributed by atoms with Crippen LogP contribution in [0.3, 0.4) is 0 Å². The first-order chi connectivity index (χ1) is 9.19. The van der Waals surface area contributed by atoms with Crippen LogP contribution in [0.1, 0.15) is 5.56 Å². The Labute approximate surface area is 108 Å². The number of fused-ring (bicyclic) bond motifs is 1. The maximum absolute atomic E-state index is 12.9. The van der Waals surface area contributed by atoms with Gasteiger partial charge in [0, 0.05) is 7.05 Å². The Morgan fingerprint density at radius 2 is 2.11 bits per heavy atom. The molecule has 0 aliphatic carbocycles. The van der Waals surface area contributed by atoms with E-state index in [0.29, 0.717) is 17.1 Å². The fourth-order valence-electron chi connectivity index (χ4n) is 2.01. The maximum atomic E-state index is 12.9. The Morgan fingerprint density at radius 3 is 2.79 bits per heavy atom. The molecule has 4 nitrogen and oxygen atoms in total. The number of hydrogen-bond donors (Lipinski definition) is 0. The molecule has 0 spiro atoms. The molecule has 0 saturated carbocycles. The second-order valence-corrected chi connectivity index (χ2v) is 4.17. The van der Waals surface area contributed by atoms with Crippen LogP contribution in [0.4, 0.5) is 4.39 Å². The van der Waals surface area contributed by atoms with Gasteiger partial charge < -0.3 is 4.57 Å². The highest BCUT2D eigenvalue weighted by atomic mass is 19.1. The van der Waals surface area contributed by atoms with Crippen molar-refractivity contribution in [2.24, 2.45) is 7.05 Å². The molecule has 0 atom stereocenters. The van der Waals surface area contributed by atoms with Gasteiger partial charge in [-0.2, -0.15) is 5.26 Å². The van der Waals surface area contributed by atoms with E-state index in [1.165, 1.54) is 6.07 Å². The summed E-state index contributed by atoms with van der Waals surface area (Å²) in [7, 11) is 1.86. The van der Waals surface area contributed by atoms with Crippen molar-refractivity contribution < 1.29 is 4.39 Å². The number of imidazole rings is 1. The molecule has 2 aromatic heterocycles. The molecule has 0 unspecified atom stereocenters. The predicted octanol–water partition coefficient (Wildman–Crippen LogP) is 2.65. The quantitative estimate of drug-likeness (QED) is 0.669. The third-order valence-electron chi connectivity index (χ3n) is 2.97. The van der Waals surface area contributed by atoms with Gasteiger partial charge >= 0.3 is 0 Å². The van der Waals surface area contributed by atoms with E-state index >= 15 is 0 Å². The highest BCUT2D eigenvalue weighted by molar-refractivity contribution is 5.81. The van der Waals surface area contributed by atoms with Crippen LogP contribution in [0.5, 0.6) is 0 Å².